The summed E-state index contributed by atoms with van der Waals surface area (Å²) in [5.41, 5.74) is 1.83. The molecule has 1 heterocycles. The van der Waals surface area contributed by atoms with Gasteiger partial charge in [-0.15, -0.1) is 0 Å². The van der Waals surface area contributed by atoms with E-state index in [1.807, 2.05) is 26.0 Å². The summed E-state index contributed by atoms with van der Waals surface area (Å²) in [6.07, 6.45) is 0. The molecule has 0 atom stereocenters. The van der Waals surface area contributed by atoms with Crippen molar-refractivity contribution in [3.63, 3.8) is 0 Å². The molecule has 0 spiro atoms. The van der Waals surface area contributed by atoms with Gasteiger partial charge in [-0.3, -0.25) is 25.0 Å². The first kappa shape index (κ1) is 18.4. The first-order valence-corrected chi connectivity index (χ1v) is 8.59. The lowest BCUT2D eigenvalue weighted by Crippen LogP contribution is -2.14. The van der Waals surface area contributed by atoms with Crippen molar-refractivity contribution in [1.82, 2.24) is 4.57 Å². The van der Waals surface area contributed by atoms with E-state index in [2.05, 4.69) is 4.99 Å². The first-order valence-electron chi connectivity index (χ1n) is 7.77. The maximum absolute atomic E-state index is 12.5. The maximum atomic E-state index is 12.5. The molecule has 0 bridgehead atoms. The Morgan fingerprint density at radius 2 is 1.67 bits per heavy atom. The molecular weight excluding hydrogens is 372 g/mol. The predicted molar refractivity (Wildman–Crippen MR) is 99.9 cm³/mol. The second-order valence-electron chi connectivity index (χ2n) is 5.97. The number of aromatic nitrogens is 1. The van der Waals surface area contributed by atoms with Crippen LogP contribution in [0, 0.1) is 34.1 Å². The molecule has 2 aromatic carbocycles. The van der Waals surface area contributed by atoms with E-state index in [1.54, 1.807) is 11.6 Å². The Morgan fingerprint density at radius 3 is 2.22 bits per heavy atom. The molecule has 3 rings (SSSR count). The van der Waals surface area contributed by atoms with Crippen molar-refractivity contribution in [2.45, 2.75) is 13.8 Å². The molecule has 1 amide bonds. The van der Waals surface area contributed by atoms with E-state index in [-0.39, 0.29) is 5.56 Å². The van der Waals surface area contributed by atoms with Crippen molar-refractivity contribution in [1.29, 1.82) is 0 Å². The van der Waals surface area contributed by atoms with E-state index in [9.17, 15) is 25.0 Å². The largest absolute Gasteiger partial charge is 0.319 e. The number of hydrogen-bond acceptors (Lipinski definition) is 6. The normalized spacial score (nSPS) is 11.7. The van der Waals surface area contributed by atoms with Crippen molar-refractivity contribution in [3.8, 4) is 0 Å². The van der Waals surface area contributed by atoms with Gasteiger partial charge in [-0.1, -0.05) is 17.4 Å². The van der Waals surface area contributed by atoms with Crippen LogP contribution in [-0.4, -0.2) is 20.3 Å². The summed E-state index contributed by atoms with van der Waals surface area (Å²) < 4.78 is 2.71. The number of carbonyl (C=O) groups is 1. The lowest BCUT2D eigenvalue weighted by atomic mass is 10.1. The summed E-state index contributed by atoms with van der Waals surface area (Å²) >= 11 is 1.30. The number of aryl methyl sites for hydroxylation is 3. The molecule has 0 unspecified atom stereocenters. The molecule has 0 saturated heterocycles. The third-order valence-corrected chi connectivity index (χ3v) is 5.35. The highest BCUT2D eigenvalue weighted by atomic mass is 32.1. The van der Waals surface area contributed by atoms with Gasteiger partial charge in [0.1, 0.15) is 0 Å². The fourth-order valence-electron chi connectivity index (χ4n) is 2.72. The number of rotatable bonds is 3. The van der Waals surface area contributed by atoms with E-state index in [0.29, 0.717) is 4.80 Å². The average Bonchev–Trinajstić information content (AvgIpc) is 2.94. The summed E-state index contributed by atoms with van der Waals surface area (Å²) in [6.45, 7) is 3.95. The van der Waals surface area contributed by atoms with E-state index < -0.39 is 27.1 Å². The Bertz CT molecular complexity index is 1160. The Hall–Kier alpha value is -3.40. The SMILES string of the molecule is Cc1ccc2sc(=NC(=O)c3cc([N+](=O)[O-])cc([N+](=O)[O-])c3)n(C)c2c1C. The number of nitro groups is 2. The standard InChI is InChI=1S/C17H14N4O5S/c1-9-4-5-14-15(10(9)2)19(3)17(27-14)18-16(22)11-6-12(20(23)24)8-13(7-11)21(25)26/h4-8H,1-3H3. The van der Waals surface area contributed by atoms with Crippen LogP contribution in [0.5, 0.6) is 0 Å². The van der Waals surface area contributed by atoms with Gasteiger partial charge in [-0.2, -0.15) is 4.99 Å². The summed E-state index contributed by atoms with van der Waals surface area (Å²) in [5.74, 6) is -0.779. The molecule has 0 aliphatic heterocycles. The quantitative estimate of drug-likeness (QED) is 0.504. The van der Waals surface area contributed by atoms with Crippen LogP contribution in [0.2, 0.25) is 0 Å². The molecule has 0 aliphatic rings. The predicted octanol–water partition coefficient (Wildman–Crippen LogP) is 3.41. The average molecular weight is 386 g/mol. The smallest absolute Gasteiger partial charge is 0.280 e. The van der Waals surface area contributed by atoms with Gasteiger partial charge in [0, 0.05) is 19.2 Å². The van der Waals surface area contributed by atoms with Gasteiger partial charge in [0.05, 0.1) is 31.7 Å². The van der Waals surface area contributed by atoms with E-state index in [0.717, 1.165) is 39.5 Å². The number of hydrogen-bond donors (Lipinski definition) is 0. The second-order valence-corrected chi connectivity index (χ2v) is 6.98. The number of fused-ring (bicyclic) bond motifs is 1. The molecule has 10 heteroatoms. The van der Waals surface area contributed by atoms with Crippen molar-refractivity contribution in [2.24, 2.45) is 12.0 Å². The molecular formula is C17H14N4O5S. The van der Waals surface area contributed by atoms with Crippen LogP contribution >= 0.6 is 11.3 Å². The third-order valence-electron chi connectivity index (χ3n) is 4.26. The van der Waals surface area contributed by atoms with Crippen molar-refractivity contribution >= 4 is 38.8 Å². The zero-order valence-corrected chi connectivity index (χ0v) is 15.4. The van der Waals surface area contributed by atoms with Crippen molar-refractivity contribution in [2.75, 3.05) is 0 Å². The van der Waals surface area contributed by atoms with Gasteiger partial charge >= 0.3 is 0 Å². The van der Waals surface area contributed by atoms with Gasteiger partial charge in [0.15, 0.2) is 4.80 Å². The highest BCUT2D eigenvalue weighted by Gasteiger charge is 2.20. The minimum atomic E-state index is -0.782. The molecule has 0 saturated carbocycles. The fourth-order valence-corrected chi connectivity index (χ4v) is 3.79. The summed E-state index contributed by atoms with van der Waals surface area (Å²) in [7, 11) is 1.77. The Balaban J connectivity index is 2.16. The Kier molecular flexibility index (Phi) is 4.58. The van der Waals surface area contributed by atoms with Crippen LogP contribution < -0.4 is 4.80 Å². The van der Waals surface area contributed by atoms with Gasteiger partial charge in [-0.25, -0.2) is 0 Å². The molecule has 0 radical (unpaired) electrons. The Labute approximate surface area is 156 Å². The molecule has 0 N–H and O–H groups in total. The number of nitrogens with zero attached hydrogens (tertiary/aromatic N) is 4. The fraction of sp³-hybridized carbons (Fsp3) is 0.176. The number of nitro benzene ring substituents is 2. The molecule has 0 fully saturated rings. The first-order chi connectivity index (χ1) is 12.7. The van der Waals surface area contributed by atoms with Gasteiger partial charge in [0.2, 0.25) is 0 Å². The van der Waals surface area contributed by atoms with E-state index in [4.69, 9.17) is 0 Å². The van der Waals surface area contributed by atoms with Crippen LogP contribution in [0.3, 0.4) is 0 Å². The number of carbonyl (C=O) groups excluding carboxylic acids is 1. The molecule has 3 aromatic rings. The number of non-ortho nitro benzene ring substituents is 2. The number of amides is 1. The monoisotopic (exact) mass is 386 g/mol. The van der Waals surface area contributed by atoms with Crippen LogP contribution in [0.4, 0.5) is 11.4 Å². The van der Waals surface area contributed by atoms with Crippen LogP contribution in [-0.2, 0) is 7.05 Å². The minimum Gasteiger partial charge on any atom is -0.319 e. The topological polar surface area (TPSA) is 121 Å². The second kappa shape index (κ2) is 6.72. The third kappa shape index (κ3) is 3.34. The highest BCUT2D eigenvalue weighted by molar-refractivity contribution is 7.16. The number of benzene rings is 2. The molecule has 1 aromatic heterocycles. The van der Waals surface area contributed by atoms with Crippen molar-refractivity contribution < 1.29 is 14.6 Å². The summed E-state index contributed by atoms with van der Waals surface area (Å²) in [6, 6.07) is 6.69. The zero-order valence-electron chi connectivity index (χ0n) is 14.6. The van der Waals surface area contributed by atoms with Crippen LogP contribution in [0.15, 0.2) is 35.3 Å². The number of thiazole rings is 1. The van der Waals surface area contributed by atoms with E-state index >= 15 is 0 Å². The van der Waals surface area contributed by atoms with Crippen LogP contribution in [0.25, 0.3) is 10.2 Å². The molecule has 9 nitrogen and oxygen atoms in total. The van der Waals surface area contributed by atoms with Crippen LogP contribution in [0.1, 0.15) is 21.5 Å². The lowest BCUT2D eigenvalue weighted by molar-refractivity contribution is -0.394. The summed E-state index contributed by atoms with van der Waals surface area (Å²) in [4.78, 5) is 37.4. The van der Waals surface area contributed by atoms with Crippen molar-refractivity contribution in [3.05, 3.63) is 72.1 Å². The molecule has 0 aliphatic carbocycles. The minimum absolute atomic E-state index is 0.207. The van der Waals surface area contributed by atoms with Gasteiger partial charge in [0.25, 0.3) is 17.3 Å². The summed E-state index contributed by atoms with van der Waals surface area (Å²) in [5, 5.41) is 22.0. The maximum Gasteiger partial charge on any atom is 0.280 e. The lowest BCUT2D eigenvalue weighted by Gasteiger charge is -2.03. The Morgan fingerprint density at radius 1 is 1.07 bits per heavy atom. The van der Waals surface area contributed by atoms with Gasteiger partial charge in [-0.05, 0) is 31.0 Å². The van der Waals surface area contributed by atoms with E-state index in [1.165, 1.54) is 11.3 Å². The molecule has 138 valence electrons. The molecule has 27 heavy (non-hydrogen) atoms. The van der Waals surface area contributed by atoms with Gasteiger partial charge < -0.3 is 4.57 Å². The highest BCUT2D eigenvalue weighted by Crippen LogP contribution is 2.24. The zero-order chi connectivity index (χ0) is 19.9.